The number of rotatable bonds is 4. The Hall–Kier alpha value is -1.32. The molecule has 2 N–H and O–H groups in total. The minimum absolute atomic E-state index is 0.544. The van der Waals surface area contributed by atoms with Crippen molar-refractivity contribution in [2.75, 3.05) is 17.2 Å². The molecule has 0 spiro atoms. The maximum absolute atomic E-state index is 4.50. The molecule has 1 heterocycles. The molecule has 1 aromatic heterocycles. The molecule has 1 aromatic rings. The van der Waals surface area contributed by atoms with Gasteiger partial charge in [0.05, 0.1) is 0 Å². The average Bonchev–Trinajstić information content (AvgIpc) is 2.26. The van der Waals surface area contributed by atoms with Gasteiger partial charge in [-0.25, -0.2) is 9.97 Å². The van der Waals surface area contributed by atoms with E-state index in [4.69, 9.17) is 0 Å². The molecule has 0 radical (unpaired) electrons. The van der Waals surface area contributed by atoms with E-state index in [1.54, 1.807) is 0 Å². The fourth-order valence-electron chi connectivity index (χ4n) is 3.19. The Morgan fingerprint density at radius 2 is 1.74 bits per heavy atom. The Kier molecular flexibility index (Phi) is 4.61. The lowest BCUT2D eigenvalue weighted by molar-refractivity contribution is 0.280. The quantitative estimate of drug-likeness (QED) is 0.872. The van der Waals surface area contributed by atoms with Crippen molar-refractivity contribution in [1.29, 1.82) is 0 Å². The smallest absolute Gasteiger partial charge is 0.132 e. The van der Waals surface area contributed by atoms with Crippen LogP contribution in [0.5, 0.6) is 0 Å². The first-order valence-corrected chi connectivity index (χ1v) is 7.43. The number of nitrogens with one attached hydrogen (secondary N) is 2. The van der Waals surface area contributed by atoms with E-state index in [1.807, 2.05) is 13.0 Å². The van der Waals surface area contributed by atoms with E-state index < -0.39 is 0 Å². The minimum Gasteiger partial charge on any atom is -0.370 e. The molecular formula is C15H26N4. The second kappa shape index (κ2) is 6.22. The van der Waals surface area contributed by atoms with Gasteiger partial charge in [0.15, 0.2) is 0 Å². The molecule has 1 aliphatic carbocycles. The van der Waals surface area contributed by atoms with Gasteiger partial charge in [-0.2, -0.15) is 0 Å². The normalized spacial score (nSPS) is 27.1. The molecule has 2 atom stereocenters. The number of hydrogen-bond acceptors (Lipinski definition) is 4. The molecule has 4 heteroatoms. The van der Waals surface area contributed by atoms with E-state index >= 15 is 0 Å². The van der Waals surface area contributed by atoms with E-state index in [2.05, 4.69) is 41.4 Å². The second-order valence-electron chi connectivity index (χ2n) is 5.97. The summed E-state index contributed by atoms with van der Waals surface area (Å²) in [7, 11) is 0. The van der Waals surface area contributed by atoms with Crippen LogP contribution < -0.4 is 10.6 Å². The first kappa shape index (κ1) is 14.1. The van der Waals surface area contributed by atoms with E-state index in [-0.39, 0.29) is 0 Å². The summed E-state index contributed by atoms with van der Waals surface area (Å²) < 4.78 is 0. The molecule has 0 aromatic carbocycles. The van der Waals surface area contributed by atoms with Gasteiger partial charge >= 0.3 is 0 Å². The van der Waals surface area contributed by atoms with Crippen LogP contribution in [0.2, 0.25) is 0 Å². The van der Waals surface area contributed by atoms with Crippen LogP contribution in [0.15, 0.2) is 6.07 Å². The Bertz CT molecular complexity index is 409. The van der Waals surface area contributed by atoms with Gasteiger partial charge in [-0.3, -0.25) is 0 Å². The Balaban J connectivity index is 2.05. The first-order valence-electron chi connectivity index (χ1n) is 7.43. The summed E-state index contributed by atoms with van der Waals surface area (Å²) in [5.74, 6) is 4.29. The molecule has 1 aliphatic rings. The highest BCUT2D eigenvalue weighted by atomic mass is 15.1. The van der Waals surface area contributed by atoms with Crippen molar-refractivity contribution >= 4 is 11.6 Å². The molecule has 0 amide bonds. The fraction of sp³-hybridized carbons (Fsp3) is 0.733. The zero-order valence-corrected chi connectivity index (χ0v) is 12.5. The van der Waals surface area contributed by atoms with E-state index in [1.165, 1.54) is 19.3 Å². The summed E-state index contributed by atoms with van der Waals surface area (Å²) in [6, 6.07) is 2.56. The van der Waals surface area contributed by atoms with Gasteiger partial charge < -0.3 is 10.6 Å². The van der Waals surface area contributed by atoms with E-state index in [0.717, 1.165) is 35.8 Å². The van der Waals surface area contributed by atoms with Crippen molar-refractivity contribution in [3.05, 3.63) is 11.9 Å². The van der Waals surface area contributed by atoms with Crippen molar-refractivity contribution < 1.29 is 0 Å². The number of hydrogen-bond donors (Lipinski definition) is 2. The van der Waals surface area contributed by atoms with Crippen LogP contribution in [-0.4, -0.2) is 22.6 Å². The third kappa shape index (κ3) is 4.08. The summed E-state index contributed by atoms with van der Waals surface area (Å²) in [6.45, 7) is 9.60. The van der Waals surface area contributed by atoms with Crippen LogP contribution >= 0.6 is 0 Å². The molecule has 0 aliphatic heterocycles. The number of aromatic nitrogens is 2. The number of aryl methyl sites for hydroxylation is 1. The maximum atomic E-state index is 4.50. The van der Waals surface area contributed by atoms with Crippen LogP contribution in [0.3, 0.4) is 0 Å². The number of nitrogens with zero attached hydrogens (tertiary/aromatic N) is 2. The van der Waals surface area contributed by atoms with Crippen molar-refractivity contribution in [3.8, 4) is 0 Å². The third-order valence-corrected chi connectivity index (χ3v) is 3.73. The molecular weight excluding hydrogens is 236 g/mol. The summed E-state index contributed by atoms with van der Waals surface area (Å²) >= 11 is 0. The van der Waals surface area contributed by atoms with Crippen molar-refractivity contribution in [2.45, 2.75) is 53.0 Å². The second-order valence-corrected chi connectivity index (χ2v) is 5.97. The zero-order chi connectivity index (χ0) is 13.8. The molecule has 1 fully saturated rings. The summed E-state index contributed by atoms with van der Waals surface area (Å²) in [5, 5.41) is 6.84. The lowest BCUT2D eigenvalue weighted by atomic mass is 9.80. The standard InChI is InChI=1S/C15H26N4/c1-5-16-14-9-15(18-12(4)17-14)19-13-7-10(2)6-11(3)8-13/h9-11,13H,5-8H2,1-4H3,(H2,16,17,18,19). The molecule has 19 heavy (non-hydrogen) atoms. The first-order chi connectivity index (χ1) is 9.06. The largest absolute Gasteiger partial charge is 0.370 e. The monoisotopic (exact) mass is 262 g/mol. The molecule has 0 bridgehead atoms. The van der Waals surface area contributed by atoms with E-state index in [9.17, 15) is 0 Å². The molecule has 106 valence electrons. The van der Waals surface area contributed by atoms with Gasteiger partial charge in [-0.15, -0.1) is 0 Å². The molecule has 4 nitrogen and oxygen atoms in total. The zero-order valence-electron chi connectivity index (χ0n) is 12.5. The predicted molar refractivity (Wildman–Crippen MR) is 80.5 cm³/mol. The minimum atomic E-state index is 0.544. The van der Waals surface area contributed by atoms with Gasteiger partial charge in [0.1, 0.15) is 17.5 Å². The number of anilines is 2. The highest BCUT2D eigenvalue weighted by Crippen LogP contribution is 2.30. The lowest BCUT2D eigenvalue weighted by Gasteiger charge is -2.32. The maximum Gasteiger partial charge on any atom is 0.132 e. The van der Waals surface area contributed by atoms with Crippen LogP contribution in [-0.2, 0) is 0 Å². The van der Waals surface area contributed by atoms with Crippen LogP contribution in [0.4, 0.5) is 11.6 Å². The Morgan fingerprint density at radius 3 is 2.37 bits per heavy atom. The Labute approximate surface area is 116 Å². The highest BCUT2D eigenvalue weighted by molar-refractivity contribution is 5.48. The summed E-state index contributed by atoms with van der Waals surface area (Å²) in [6.07, 6.45) is 3.83. The summed E-state index contributed by atoms with van der Waals surface area (Å²) in [5.41, 5.74) is 0. The Morgan fingerprint density at radius 1 is 1.11 bits per heavy atom. The van der Waals surface area contributed by atoms with Crippen LogP contribution in [0.1, 0.15) is 45.9 Å². The third-order valence-electron chi connectivity index (χ3n) is 3.73. The van der Waals surface area contributed by atoms with Gasteiger partial charge in [-0.05, 0) is 44.9 Å². The lowest BCUT2D eigenvalue weighted by Crippen LogP contribution is -2.30. The van der Waals surface area contributed by atoms with Crippen molar-refractivity contribution in [1.82, 2.24) is 9.97 Å². The van der Waals surface area contributed by atoms with Gasteiger partial charge in [0.2, 0.25) is 0 Å². The molecule has 2 rings (SSSR count). The topological polar surface area (TPSA) is 49.8 Å². The summed E-state index contributed by atoms with van der Waals surface area (Å²) in [4.78, 5) is 8.88. The van der Waals surface area contributed by atoms with Crippen LogP contribution in [0, 0.1) is 18.8 Å². The SMILES string of the molecule is CCNc1cc(NC2CC(C)CC(C)C2)nc(C)n1. The molecule has 2 unspecified atom stereocenters. The van der Waals surface area contributed by atoms with Crippen molar-refractivity contribution in [2.24, 2.45) is 11.8 Å². The highest BCUT2D eigenvalue weighted by Gasteiger charge is 2.24. The average molecular weight is 262 g/mol. The fourth-order valence-corrected chi connectivity index (χ4v) is 3.19. The van der Waals surface area contributed by atoms with Crippen molar-refractivity contribution in [3.63, 3.8) is 0 Å². The van der Waals surface area contributed by atoms with Gasteiger partial charge in [0.25, 0.3) is 0 Å². The van der Waals surface area contributed by atoms with E-state index in [0.29, 0.717) is 6.04 Å². The predicted octanol–water partition coefficient (Wildman–Crippen LogP) is 3.45. The molecule has 0 saturated heterocycles. The molecule has 1 saturated carbocycles. The van der Waals surface area contributed by atoms with Gasteiger partial charge in [-0.1, -0.05) is 13.8 Å². The van der Waals surface area contributed by atoms with Gasteiger partial charge in [0, 0.05) is 18.7 Å². The van der Waals surface area contributed by atoms with Crippen LogP contribution in [0.25, 0.3) is 0 Å².